The number of nitrogens with one attached hydrogen (secondary N) is 2. The fraction of sp³-hybridized carbons (Fsp3) is 0.174. The van der Waals surface area contributed by atoms with E-state index in [2.05, 4.69) is 10.0 Å². The van der Waals surface area contributed by atoms with E-state index in [0.29, 0.717) is 18.7 Å². The fourth-order valence-electron chi connectivity index (χ4n) is 3.37. The highest BCUT2D eigenvalue weighted by molar-refractivity contribution is 7.92. The highest BCUT2D eigenvalue weighted by atomic mass is 32.2. The molecule has 3 aromatic carbocycles. The molecule has 0 spiro atoms. The summed E-state index contributed by atoms with van der Waals surface area (Å²) in [5, 5.41) is 2.99. The molecule has 0 saturated heterocycles. The summed E-state index contributed by atoms with van der Waals surface area (Å²) in [6.45, 7) is 2.44. The van der Waals surface area contributed by atoms with Gasteiger partial charge >= 0.3 is 0 Å². The second kappa shape index (κ2) is 8.20. The summed E-state index contributed by atoms with van der Waals surface area (Å²) in [6, 6.07) is 20.5. The average Bonchev–Trinajstić information content (AvgIpc) is 2.75. The lowest BCUT2D eigenvalue weighted by molar-refractivity contribution is 0.0924. The predicted molar refractivity (Wildman–Crippen MR) is 115 cm³/mol. The Labute approximate surface area is 176 Å². The van der Waals surface area contributed by atoms with E-state index in [1.54, 1.807) is 24.3 Å². The normalized spacial score (nSPS) is 15.6. The van der Waals surface area contributed by atoms with Gasteiger partial charge in [0.2, 0.25) is 0 Å². The van der Waals surface area contributed by atoms with Gasteiger partial charge in [0.25, 0.3) is 15.9 Å². The molecular weight excluding hydrogens is 400 g/mol. The standard InChI is InChI=1S/C23H22N2O4S/c1-16-9-11-18(12-10-16)25-30(27,28)19-6-4-5-17(15-19)23(26)24-21-13-14-29-22-8-3-2-7-20(21)22/h2-12,15,21,25H,13-14H2,1H3,(H,24,26)/t21-/m1/s1. The number of hydrogen-bond acceptors (Lipinski definition) is 4. The summed E-state index contributed by atoms with van der Waals surface area (Å²) in [7, 11) is -3.81. The summed E-state index contributed by atoms with van der Waals surface area (Å²) in [5.74, 6) is 0.428. The predicted octanol–water partition coefficient (Wildman–Crippen LogP) is 4.05. The zero-order valence-corrected chi connectivity index (χ0v) is 17.3. The quantitative estimate of drug-likeness (QED) is 0.650. The highest BCUT2D eigenvalue weighted by Crippen LogP contribution is 2.31. The lowest BCUT2D eigenvalue weighted by atomic mass is 10.00. The Hall–Kier alpha value is -3.32. The number of amides is 1. The zero-order chi connectivity index (χ0) is 21.1. The van der Waals surface area contributed by atoms with E-state index in [9.17, 15) is 13.2 Å². The molecule has 0 aromatic heterocycles. The average molecular weight is 423 g/mol. The first kappa shape index (κ1) is 20.0. The summed E-state index contributed by atoms with van der Waals surface area (Å²) >= 11 is 0. The Balaban J connectivity index is 1.53. The Bertz CT molecular complexity index is 1170. The van der Waals surface area contributed by atoms with Crippen molar-refractivity contribution in [1.29, 1.82) is 0 Å². The molecule has 0 radical (unpaired) electrons. The van der Waals surface area contributed by atoms with E-state index in [0.717, 1.165) is 16.9 Å². The number of anilines is 1. The van der Waals surface area contributed by atoms with Gasteiger partial charge in [0, 0.05) is 23.2 Å². The van der Waals surface area contributed by atoms with Crippen LogP contribution in [0.1, 0.15) is 33.9 Å². The van der Waals surface area contributed by atoms with Crippen LogP contribution in [0.25, 0.3) is 0 Å². The van der Waals surface area contributed by atoms with Gasteiger partial charge in [0.05, 0.1) is 17.5 Å². The molecule has 154 valence electrons. The molecule has 0 saturated carbocycles. The number of rotatable bonds is 5. The van der Waals surface area contributed by atoms with E-state index in [-0.39, 0.29) is 22.4 Å². The number of aryl methyl sites for hydroxylation is 1. The molecule has 6 nitrogen and oxygen atoms in total. The van der Waals surface area contributed by atoms with Crippen LogP contribution in [-0.4, -0.2) is 20.9 Å². The van der Waals surface area contributed by atoms with Crippen molar-refractivity contribution in [2.24, 2.45) is 0 Å². The van der Waals surface area contributed by atoms with Crippen molar-refractivity contribution in [3.05, 3.63) is 89.5 Å². The molecule has 7 heteroatoms. The summed E-state index contributed by atoms with van der Waals surface area (Å²) in [6.07, 6.45) is 0.649. The van der Waals surface area contributed by atoms with Crippen molar-refractivity contribution in [2.75, 3.05) is 11.3 Å². The van der Waals surface area contributed by atoms with Crippen LogP contribution in [0.5, 0.6) is 5.75 Å². The van der Waals surface area contributed by atoms with Crippen molar-refractivity contribution < 1.29 is 17.9 Å². The number of ether oxygens (including phenoxy) is 1. The lowest BCUT2D eigenvalue weighted by Gasteiger charge is -2.26. The molecule has 0 fully saturated rings. The number of carbonyl (C=O) groups is 1. The van der Waals surface area contributed by atoms with Crippen LogP contribution >= 0.6 is 0 Å². The molecule has 1 heterocycles. The van der Waals surface area contributed by atoms with Crippen molar-refractivity contribution >= 4 is 21.6 Å². The maximum atomic E-state index is 12.8. The molecule has 4 rings (SSSR count). The first-order valence-electron chi connectivity index (χ1n) is 9.64. The number of carbonyl (C=O) groups excluding carboxylic acids is 1. The molecule has 3 aromatic rings. The second-order valence-electron chi connectivity index (χ2n) is 7.20. The van der Waals surface area contributed by atoms with Gasteiger partial charge in [0.1, 0.15) is 5.75 Å². The van der Waals surface area contributed by atoms with Crippen molar-refractivity contribution in [3.63, 3.8) is 0 Å². The second-order valence-corrected chi connectivity index (χ2v) is 8.88. The zero-order valence-electron chi connectivity index (χ0n) is 16.5. The Morgan fingerprint density at radius 2 is 1.77 bits per heavy atom. The highest BCUT2D eigenvalue weighted by Gasteiger charge is 2.24. The molecular formula is C23H22N2O4S. The van der Waals surface area contributed by atoms with E-state index >= 15 is 0 Å². The summed E-state index contributed by atoms with van der Waals surface area (Å²) < 4.78 is 33.7. The minimum Gasteiger partial charge on any atom is -0.493 e. The van der Waals surface area contributed by atoms with E-state index in [1.807, 2.05) is 43.3 Å². The molecule has 2 N–H and O–H groups in total. The van der Waals surface area contributed by atoms with Gasteiger partial charge in [-0.2, -0.15) is 0 Å². The topological polar surface area (TPSA) is 84.5 Å². The third-order valence-corrected chi connectivity index (χ3v) is 6.35. The molecule has 1 amide bonds. The SMILES string of the molecule is Cc1ccc(NS(=O)(=O)c2cccc(C(=O)N[C@@H]3CCOc4ccccc43)c2)cc1. The fourth-order valence-corrected chi connectivity index (χ4v) is 4.48. The molecule has 0 bridgehead atoms. The molecule has 30 heavy (non-hydrogen) atoms. The third-order valence-electron chi connectivity index (χ3n) is 4.97. The Morgan fingerprint density at radius 1 is 1.00 bits per heavy atom. The van der Waals surface area contributed by atoms with Crippen LogP contribution in [0.2, 0.25) is 0 Å². The molecule has 0 unspecified atom stereocenters. The number of para-hydroxylation sites is 1. The van der Waals surface area contributed by atoms with Gasteiger partial charge in [-0.1, -0.05) is 42.0 Å². The van der Waals surface area contributed by atoms with Gasteiger partial charge in [0.15, 0.2) is 0 Å². The monoisotopic (exact) mass is 422 g/mol. The van der Waals surface area contributed by atoms with Gasteiger partial charge in [-0.15, -0.1) is 0 Å². The smallest absolute Gasteiger partial charge is 0.261 e. The van der Waals surface area contributed by atoms with Crippen LogP contribution < -0.4 is 14.8 Å². The van der Waals surface area contributed by atoms with Gasteiger partial charge in [-0.25, -0.2) is 8.42 Å². The molecule has 1 aliphatic heterocycles. The van der Waals surface area contributed by atoms with Crippen LogP contribution in [0.4, 0.5) is 5.69 Å². The number of benzene rings is 3. The van der Waals surface area contributed by atoms with Gasteiger partial charge in [-0.3, -0.25) is 9.52 Å². The van der Waals surface area contributed by atoms with Crippen molar-refractivity contribution in [3.8, 4) is 5.75 Å². The van der Waals surface area contributed by atoms with Crippen LogP contribution in [0.15, 0.2) is 77.7 Å². The van der Waals surface area contributed by atoms with E-state index in [4.69, 9.17) is 4.74 Å². The van der Waals surface area contributed by atoms with Gasteiger partial charge in [-0.05, 0) is 43.3 Å². The molecule has 0 aliphatic carbocycles. The first-order valence-corrected chi connectivity index (χ1v) is 11.1. The van der Waals surface area contributed by atoms with E-state index in [1.165, 1.54) is 12.1 Å². The van der Waals surface area contributed by atoms with Crippen LogP contribution in [0.3, 0.4) is 0 Å². The van der Waals surface area contributed by atoms with Crippen LogP contribution in [-0.2, 0) is 10.0 Å². The molecule has 1 atom stereocenters. The Morgan fingerprint density at radius 3 is 2.57 bits per heavy atom. The van der Waals surface area contributed by atoms with Gasteiger partial charge < -0.3 is 10.1 Å². The number of fused-ring (bicyclic) bond motifs is 1. The maximum Gasteiger partial charge on any atom is 0.261 e. The molecule has 1 aliphatic rings. The summed E-state index contributed by atoms with van der Waals surface area (Å²) in [4.78, 5) is 12.9. The lowest BCUT2D eigenvalue weighted by Crippen LogP contribution is -2.32. The number of hydrogen-bond donors (Lipinski definition) is 2. The Kier molecular flexibility index (Phi) is 5.46. The minimum atomic E-state index is -3.81. The maximum absolute atomic E-state index is 12.8. The number of sulfonamides is 1. The van der Waals surface area contributed by atoms with Crippen LogP contribution in [0, 0.1) is 6.92 Å². The largest absolute Gasteiger partial charge is 0.493 e. The minimum absolute atomic E-state index is 0.0307. The van der Waals surface area contributed by atoms with Crippen molar-refractivity contribution in [1.82, 2.24) is 5.32 Å². The van der Waals surface area contributed by atoms with E-state index < -0.39 is 10.0 Å². The first-order chi connectivity index (χ1) is 14.4. The third kappa shape index (κ3) is 4.31. The van der Waals surface area contributed by atoms with Crippen molar-refractivity contribution in [2.45, 2.75) is 24.3 Å². The summed E-state index contributed by atoms with van der Waals surface area (Å²) in [5.41, 5.74) is 2.70.